The Morgan fingerprint density at radius 3 is 1.79 bits per heavy atom. The summed E-state index contributed by atoms with van der Waals surface area (Å²) in [7, 11) is 0. The number of nitrogens with zero attached hydrogens (tertiary/aromatic N) is 4. The van der Waals surface area contributed by atoms with Gasteiger partial charge in [-0.05, 0) is 63.7 Å². The lowest BCUT2D eigenvalue weighted by molar-refractivity contribution is 0.770. The Balaban J connectivity index is 1.14. The summed E-state index contributed by atoms with van der Waals surface area (Å²) in [6.45, 7) is 0. The van der Waals surface area contributed by atoms with Crippen molar-refractivity contribution in [3.8, 4) is 39.9 Å². The second-order valence-electron chi connectivity index (χ2n) is 14.7. The molecule has 0 bridgehead atoms. The summed E-state index contributed by atoms with van der Waals surface area (Å²) >= 11 is 1.79. The van der Waals surface area contributed by atoms with Crippen molar-refractivity contribution in [1.82, 2.24) is 19.5 Å². The second kappa shape index (κ2) is 12.4. The number of para-hydroxylation sites is 1. The highest BCUT2D eigenvalue weighted by Gasteiger charge is 2.46. The summed E-state index contributed by atoms with van der Waals surface area (Å²) < 4.78 is 4.64. The lowest BCUT2D eigenvalue weighted by atomic mass is 9.67. The number of hydrogen-bond donors (Lipinski definition) is 0. The summed E-state index contributed by atoms with van der Waals surface area (Å²) in [5.41, 5.74) is 11.1. The molecule has 1 aliphatic rings. The smallest absolute Gasteiger partial charge is 0.238 e. The van der Waals surface area contributed by atoms with Crippen molar-refractivity contribution in [2.24, 2.45) is 0 Å². The molecule has 0 saturated carbocycles. The highest BCUT2D eigenvalue weighted by Crippen LogP contribution is 2.56. The Kier molecular flexibility index (Phi) is 6.98. The monoisotopic (exact) mass is 744 g/mol. The van der Waals surface area contributed by atoms with Crippen LogP contribution in [0.2, 0.25) is 0 Å². The average molecular weight is 745 g/mol. The van der Waals surface area contributed by atoms with E-state index in [4.69, 9.17) is 15.0 Å². The Labute approximate surface area is 333 Å². The lowest BCUT2D eigenvalue weighted by Crippen LogP contribution is -2.28. The van der Waals surface area contributed by atoms with Crippen molar-refractivity contribution < 1.29 is 0 Å². The first-order valence-electron chi connectivity index (χ1n) is 19.3. The zero-order valence-electron chi connectivity index (χ0n) is 30.7. The first-order chi connectivity index (χ1) is 28.3. The van der Waals surface area contributed by atoms with Gasteiger partial charge < -0.3 is 0 Å². The number of thiophene rings is 1. The topological polar surface area (TPSA) is 43.6 Å². The Morgan fingerprint density at radius 2 is 1.00 bits per heavy atom. The van der Waals surface area contributed by atoms with Gasteiger partial charge in [-0.3, -0.25) is 4.57 Å². The molecule has 0 saturated heterocycles. The van der Waals surface area contributed by atoms with Crippen LogP contribution in [-0.2, 0) is 5.41 Å². The van der Waals surface area contributed by atoms with Crippen LogP contribution in [-0.4, -0.2) is 19.5 Å². The predicted molar refractivity (Wildman–Crippen MR) is 235 cm³/mol. The van der Waals surface area contributed by atoms with Crippen LogP contribution in [0.25, 0.3) is 81.8 Å². The summed E-state index contributed by atoms with van der Waals surface area (Å²) in [5, 5.41) is 4.75. The molecule has 5 heteroatoms. The fourth-order valence-electron chi connectivity index (χ4n) is 9.36. The molecular weight excluding hydrogens is 713 g/mol. The molecule has 0 fully saturated rings. The molecule has 1 aliphatic carbocycles. The molecule has 3 heterocycles. The van der Waals surface area contributed by atoms with Gasteiger partial charge in [-0.1, -0.05) is 164 Å². The molecule has 11 aromatic rings. The normalized spacial score (nSPS) is 13.1. The van der Waals surface area contributed by atoms with Gasteiger partial charge in [-0.15, -0.1) is 11.3 Å². The largest absolute Gasteiger partial charge is 0.278 e. The van der Waals surface area contributed by atoms with E-state index >= 15 is 0 Å². The number of hydrogen-bond acceptors (Lipinski definition) is 4. The molecule has 0 N–H and O–H groups in total. The molecule has 4 nitrogen and oxygen atoms in total. The number of rotatable bonds is 5. The molecule has 57 heavy (non-hydrogen) atoms. The zero-order chi connectivity index (χ0) is 37.5. The molecule has 266 valence electrons. The van der Waals surface area contributed by atoms with Crippen LogP contribution in [0.1, 0.15) is 22.3 Å². The fourth-order valence-corrected chi connectivity index (χ4v) is 10.6. The van der Waals surface area contributed by atoms with Crippen LogP contribution in [0.3, 0.4) is 0 Å². The highest BCUT2D eigenvalue weighted by molar-refractivity contribution is 7.26. The third-order valence-corrected chi connectivity index (χ3v) is 13.0. The molecule has 0 aliphatic heterocycles. The molecule has 0 unspecified atom stereocenters. The van der Waals surface area contributed by atoms with Crippen molar-refractivity contribution in [1.29, 1.82) is 0 Å². The Morgan fingerprint density at radius 1 is 0.404 bits per heavy atom. The standard InChI is InChI=1S/C52H32N4S/c1-3-16-33(17-4-1)49-53-50(41-25-15-24-40-39-23-10-14-29-47(39)57-48(40)41)55-51(54-49)56-45-28-13-9-22-38(45)42-32-35(30-31-46(42)56)52(34-18-5-2-6-19-34)43-26-11-7-20-36(43)37-21-8-12-27-44(37)52/h1-32H. The van der Waals surface area contributed by atoms with Crippen molar-refractivity contribution in [2.75, 3.05) is 0 Å². The van der Waals surface area contributed by atoms with Gasteiger partial charge in [0.05, 0.1) is 16.4 Å². The molecule has 12 rings (SSSR count). The van der Waals surface area contributed by atoms with E-state index in [-0.39, 0.29) is 0 Å². The lowest BCUT2D eigenvalue weighted by Gasteiger charge is -2.34. The number of aromatic nitrogens is 4. The summed E-state index contributed by atoms with van der Waals surface area (Å²) in [6, 6.07) is 69.7. The first-order valence-corrected chi connectivity index (χ1v) is 20.1. The Hall–Kier alpha value is -7.21. The molecular formula is C52H32N4S. The van der Waals surface area contributed by atoms with E-state index < -0.39 is 5.41 Å². The van der Waals surface area contributed by atoms with E-state index in [0.717, 1.165) is 32.9 Å². The van der Waals surface area contributed by atoms with E-state index in [0.29, 0.717) is 17.6 Å². The van der Waals surface area contributed by atoms with Crippen molar-refractivity contribution >= 4 is 53.3 Å². The van der Waals surface area contributed by atoms with E-state index in [2.05, 4.69) is 180 Å². The number of fused-ring (bicyclic) bond motifs is 9. The van der Waals surface area contributed by atoms with Crippen molar-refractivity contribution in [2.45, 2.75) is 5.41 Å². The molecule has 0 atom stereocenters. The van der Waals surface area contributed by atoms with E-state index in [1.807, 2.05) is 18.2 Å². The third kappa shape index (κ3) is 4.64. The first kappa shape index (κ1) is 32.1. The summed E-state index contributed by atoms with van der Waals surface area (Å²) in [6.07, 6.45) is 0. The summed E-state index contributed by atoms with van der Waals surface area (Å²) in [5.74, 6) is 1.88. The van der Waals surface area contributed by atoms with Gasteiger partial charge >= 0.3 is 0 Å². The van der Waals surface area contributed by atoms with Gasteiger partial charge in [0.15, 0.2) is 11.6 Å². The third-order valence-electron chi connectivity index (χ3n) is 11.8. The van der Waals surface area contributed by atoms with Crippen LogP contribution >= 0.6 is 11.3 Å². The van der Waals surface area contributed by atoms with Crippen LogP contribution in [0.15, 0.2) is 194 Å². The average Bonchev–Trinajstić information content (AvgIpc) is 3.93. The molecule has 3 aromatic heterocycles. The minimum atomic E-state index is -0.504. The Bertz CT molecular complexity index is 3320. The van der Waals surface area contributed by atoms with Crippen LogP contribution < -0.4 is 0 Å². The fraction of sp³-hybridized carbons (Fsp3) is 0.0192. The minimum Gasteiger partial charge on any atom is -0.278 e. The minimum absolute atomic E-state index is 0.504. The van der Waals surface area contributed by atoms with Gasteiger partial charge in [-0.25, -0.2) is 4.98 Å². The van der Waals surface area contributed by atoms with Gasteiger partial charge in [0.2, 0.25) is 5.95 Å². The molecule has 0 amide bonds. The van der Waals surface area contributed by atoms with Gasteiger partial charge in [-0.2, -0.15) is 9.97 Å². The SMILES string of the molecule is c1ccc(-c2nc(-c3cccc4c3sc3ccccc34)nc(-n3c4ccccc4c4cc(C5(c6ccccc6)c6ccccc6-c6ccccc65)ccc43)n2)cc1. The molecule has 0 spiro atoms. The van der Waals surface area contributed by atoms with Crippen LogP contribution in [0.5, 0.6) is 0 Å². The number of benzene rings is 8. The zero-order valence-corrected chi connectivity index (χ0v) is 31.5. The van der Waals surface area contributed by atoms with E-state index in [9.17, 15) is 0 Å². The predicted octanol–water partition coefficient (Wildman–Crippen LogP) is 13.0. The van der Waals surface area contributed by atoms with Crippen LogP contribution in [0, 0.1) is 0 Å². The van der Waals surface area contributed by atoms with Crippen molar-refractivity contribution in [3.05, 3.63) is 216 Å². The maximum Gasteiger partial charge on any atom is 0.238 e. The van der Waals surface area contributed by atoms with Crippen LogP contribution in [0.4, 0.5) is 0 Å². The van der Waals surface area contributed by atoms with Gasteiger partial charge in [0.1, 0.15) is 0 Å². The maximum absolute atomic E-state index is 5.36. The van der Waals surface area contributed by atoms with Crippen molar-refractivity contribution in [3.63, 3.8) is 0 Å². The maximum atomic E-state index is 5.36. The van der Waals surface area contributed by atoms with Gasteiger partial charge in [0.25, 0.3) is 0 Å². The molecule has 8 aromatic carbocycles. The highest BCUT2D eigenvalue weighted by atomic mass is 32.1. The summed E-state index contributed by atoms with van der Waals surface area (Å²) in [4.78, 5) is 15.8. The molecule has 0 radical (unpaired) electrons. The second-order valence-corrected chi connectivity index (χ2v) is 15.8. The van der Waals surface area contributed by atoms with E-state index in [1.165, 1.54) is 53.6 Å². The van der Waals surface area contributed by atoms with E-state index in [1.54, 1.807) is 11.3 Å². The quantitative estimate of drug-likeness (QED) is 0.176. The van der Waals surface area contributed by atoms with Gasteiger partial charge in [0, 0.05) is 42.1 Å².